The molecule has 1 heterocycles. The van der Waals surface area contributed by atoms with Crippen molar-refractivity contribution in [2.24, 2.45) is 0 Å². The Bertz CT molecular complexity index is 1140. The van der Waals surface area contributed by atoms with Crippen LogP contribution in [0.3, 0.4) is 0 Å². The summed E-state index contributed by atoms with van der Waals surface area (Å²) in [5.74, 6) is 1.45. The van der Waals surface area contributed by atoms with Crippen LogP contribution in [0.2, 0.25) is 0 Å². The van der Waals surface area contributed by atoms with Crippen LogP contribution < -0.4 is 29.6 Å². The third-order valence-corrected chi connectivity index (χ3v) is 6.91. The second-order valence-corrected chi connectivity index (χ2v) is 10.1. The van der Waals surface area contributed by atoms with Crippen LogP contribution in [0.1, 0.15) is 24.5 Å². The quantitative estimate of drug-likeness (QED) is 0.302. The first-order valence-electron chi connectivity index (χ1n) is 11.4. The van der Waals surface area contributed by atoms with Crippen molar-refractivity contribution < 1.29 is 32.5 Å². The lowest BCUT2D eigenvalue weighted by atomic mass is 10.0. The van der Waals surface area contributed by atoms with E-state index in [9.17, 15) is 18.3 Å². The molecule has 35 heavy (non-hydrogen) atoms. The molecule has 1 amide bonds. The molecule has 11 heteroatoms. The van der Waals surface area contributed by atoms with Gasteiger partial charge in [-0.25, -0.2) is 8.42 Å². The van der Waals surface area contributed by atoms with E-state index in [0.29, 0.717) is 41.5 Å². The van der Waals surface area contributed by atoms with Crippen molar-refractivity contribution in [1.82, 2.24) is 5.32 Å². The maximum atomic E-state index is 12.1. The van der Waals surface area contributed by atoms with Crippen LogP contribution in [0.5, 0.6) is 17.2 Å². The van der Waals surface area contributed by atoms with Crippen molar-refractivity contribution >= 4 is 27.3 Å². The molecular weight excluding hydrogens is 474 g/mol. The van der Waals surface area contributed by atoms with E-state index < -0.39 is 16.1 Å². The molecular formula is C24H33N3O7S. The summed E-state index contributed by atoms with van der Waals surface area (Å²) in [5.41, 5.74) is 2.63. The standard InChI is InChI=1S/C24H33N3O7S/c1-4-35(30,31)27-20-8-7-19-18(6-10-23(29)26-19)24(20)34-15-17(28)14-25-12-11-16-5-9-21(32-2)22(13-16)33-3/h5,7-9,13,17,25,27-28H,4,6,10-12,14-15H2,1-3H3,(H,26,29). The largest absolute Gasteiger partial charge is 0.493 e. The van der Waals surface area contributed by atoms with Gasteiger partial charge >= 0.3 is 0 Å². The average molecular weight is 508 g/mol. The second-order valence-electron chi connectivity index (χ2n) is 8.13. The fourth-order valence-corrected chi connectivity index (χ4v) is 4.35. The molecule has 0 bridgehead atoms. The number of benzene rings is 2. The molecule has 1 aliphatic rings. The zero-order chi connectivity index (χ0) is 25.4. The molecule has 0 radical (unpaired) electrons. The van der Waals surface area contributed by atoms with Gasteiger partial charge in [-0.2, -0.15) is 0 Å². The highest BCUT2D eigenvalue weighted by molar-refractivity contribution is 7.92. The molecule has 1 aliphatic heterocycles. The topological polar surface area (TPSA) is 135 Å². The number of carbonyl (C=O) groups is 1. The number of aliphatic hydroxyl groups is 1. The van der Waals surface area contributed by atoms with Crippen molar-refractivity contribution in [3.63, 3.8) is 0 Å². The fraction of sp³-hybridized carbons (Fsp3) is 0.458. The summed E-state index contributed by atoms with van der Waals surface area (Å²) in [6, 6.07) is 8.93. The Labute approximate surface area is 206 Å². The lowest BCUT2D eigenvalue weighted by Crippen LogP contribution is -2.33. The van der Waals surface area contributed by atoms with Crippen molar-refractivity contribution in [1.29, 1.82) is 0 Å². The Morgan fingerprint density at radius 1 is 1.11 bits per heavy atom. The molecule has 192 valence electrons. The van der Waals surface area contributed by atoms with Gasteiger partial charge in [-0.3, -0.25) is 9.52 Å². The molecule has 2 aromatic carbocycles. The smallest absolute Gasteiger partial charge is 0.232 e. The summed E-state index contributed by atoms with van der Waals surface area (Å²) in [4.78, 5) is 11.8. The normalized spacial score (nSPS) is 14.0. The predicted molar refractivity (Wildman–Crippen MR) is 134 cm³/mol. The molecule has 0 saturated carbocycles. The summed E-state index contributed by atoms with van der Waals surface area (Å²) in [5, 5.41) is 16.4. The van der Waals surface area contributed by atoms with E-state index in [0.717, 1.165) is 12.0 Å². The number of ether oxygens (including phenoxy) is 3. The lowest BCUT2D eigenvalue weighted by molar-refractivity contribution is -0.116. The number of sulfonamides is 1. The molecule has 4 N–H and O–H groups in total. The van der Waals surface area contributed by atoms with Crippen LogP contribution in [-0.2, 0) is 27.7 Å². The van der Waals surface area contributed by atoms with Crippen LogP contribution in [-0.4, -0.2) is 65.2 Å². The number of aliphatic hydroxyl groups excluding tert-OH is 1. The predicted octanol–water partition coefficient (Wildman–Crippen LogP) is 1.92. The SMILES string of the molecule is CCS(=O)(=O)Nc1ccc2c(c1OCC(O)CNCCc1ccc(OC)c(OC)c1)CCC(=O)N2. The fourth-order valence-electron chi connectivity index (χ4n) is 3.71. The van der Waals surface area contributed by atoms with Gasteiger partial charge in [-0.05, 0) is 56.1 Å². The van der Waals surface area contributed by atoms with Crippen LogP contribution in [0, 0.1) is 0 Å². The summed E-state index contributed by atoms with van der Waals surface area (Å²) < 4.78 is 43.3. The van der Waals surface area contributed by atoms with E-state index in [4.69, 9.17) is 14.2 Å². The number of hydrogen-bond donors (Lipinski definition) is 4. The first-order chi connectivity index (χ1) is 16.8. The van der Waals surface area contributed by atoms with E-state index in [1.54, 1.807) is 33.3 Å². The zero-order valence-electron chi connectivity index (χ0n) is 20.2. The Kier molecular flexibility index (Phi) is 9.19. The molecule has 0 saturated heterocycles. The summed E-state index contributed by atoms with van der Waals surface area (Å²) in [7, 11) is -0.355. The van der Waals surface area contributed by atoms with Crippen LogP contribution in [0.4, 0.5) is 11.4 Å². The van der Waals surface area contributed by atoms with E-state index in [1.165, 1.54) is 0 Å². The number of hydrogen-bond acceptors (Lipinski definition) is 8. The Balaban J connectivity index is 1.58. The van der Waals surface area contributed by atoms with E-state index in [2.05, 4.69) is 15.4 Å². The van der Waals surface area contributed by atoms with Crippen LogP contribution >= 0.6 is 0 Å². The van der Waals surface area contributed by atoms with Gasteiger partial charge in [-0.1, -0.05) is 6.07 Å². The summed E-state index contributed by atoms with van der Waals surface area (Å²) >= 11 is 0. The van der Waals surface area contributed by atoms with Gasteiger partial charge in [0.25, 0.3) is 0 Å². The number of nitrogens with one attached hydrogen (secondary N) is 3. The third kappa shape index (κ3) is 7.23. The monoisotopic (exact) mass is 507 g/mol. The maximum Gasteiger partial charge on any atom is 0.232 e. The minimum atomic E-state index is -3.53. The molecule has 2 aromatic rings. The molecule has 3 rings (SSSR count). The Hall–Kier alpha value is -3.02. The molecule has 0 aliphatic carbocycles. The number of amides is 1. The Morgan fingerprint density at radius 3 is 2.60 bits per heavy atom. The first kappa shape index (κ1) is 26.6. The van der Waals surface area contributed by atoms with Gasteiger partial charge < -0.3 is 30.0 Å². The van der Waals surface area contributed by atoms with Crippen LogP contribution in [0.25, 0.3) is 0 Å². The summed E-state index contributed by atoms with van der Waals surface area (Å²) in [6.45, 7) is 2.41. The van der Waals surface area contributed by atoms with Crippen molar-refractivity contribution in [3.05, 3.63) is 41.5 Å². The number of carbonyl (C=O) groups excluding carboxylic acids is 1. The molecule has 0 fully saturated rings. The van der Waals surface area contributed by atoms with Gasteiger partial charge in [0.05, 0.1) is 25.7 Å². The highest BCUT2D eigenvalue weighted by Gasteiger charge is 2.23. The van der Waals surface area contributed by atoms with Crippen molar-refractivity contribution in [3.8, 4) is 17.2 Å². The highest BCUT2D eigenvalue weighted by atomic mass is 32.2. The van der Waals surface area contributed by atoms with Crippen molar-refractivity contribution in [2.75, 3.05) is 49.7 Å². The van der Waals surface area contributed by atoms with Gasteiger partial charge in [0.15, 0.2) is 11.5 Å². The molecule has 1 unspecified atom stereocenters. The second kappa shape index (κ2) is 12.1. The molecule has 0 spiro atoms. The van der Waals surface area contributed by atoms with Gasteiger partial charge in [0, 0.05) is 24.2 Å². The minimum Gasteiger partial charge on any atom is -0.493 e. The van der Waals surface area contributed by atoms with Gasteiger partial charge in [-0.15, -0.1) is 0 Å². The van der Waals surface area contributed by atoms with Crippen molar-refractivity contribution in [2.45, 2.75) is 32.3 Å². The lowest BCUT2D eigenvalue weighted by Gasteiger charge is -2.24. The van der Waals surface area contributed by atoms with Gasteiger partial charge in [0.1, 0.15) is 18.5 Å². The molecule has 0 aromatic heterocycles. The molecule has 10 nitrogen and oxygen atoms in total. The van der Waals surface area contributed by atoms with E-state index in [-0.39, 0.29) is 36.9 Å². The average Bonchev–Trinajstić information content (AvgIpc) is 2.85. The van der Waals surface area contributed by atoms with Crippen LogP contribution in [0.15, 0.2) is 30.3 Å². The first-order valence-corrected chi connectivity index (χ1v) is 13.1. The van der Waals surface area contributed by atoms with E-state index >= 15 is 0 Å². The maximum absolute atomic E-state index is 12.1. The molecule has 1 atom stereocenters. The summed E-state index contributed by atoms with van der Waals surface area (Å²) in [6.07, 6.45) is 0.582. The van der Waals surface area contributed by atoms with E-state index in [1.807, 2.05) is 18.2 Å². The number of fused-ring (bicyclic) bond motifs is 1. The number of methoxy groups -OCH3 is 2. The number of rotatable bonds is 13. The zero-order valence-corrected chi connectivity index (χ0v) is 21.0. The highest BCUT2D eigenvalue weighted by Crippen LogP contribution is 2.38. The Morgan fingerprint density at radius 2 is 1.89 bits per heavy atom. The third-order valence-electron chi connectivity index (χ3n) is 5.62. The number of anilines is 2. The minimum absolute atomic E-state index is 0.0470. The van der Waals surface area contributed by atoms with Gasteiger partial charge in [0.2, 0.25) is 15.9 Å².